The van der Waals surface area contributed by atoms with E-state index in [-0.39, 0.29) is 0 Å². The molecule has 24 heavy (non-hydrogen) atoms. The minimum atomic E-state index is -0.520. The van der Waals surface area contributed by atoms with Crippen LogP contribution in [0, 0.1) is 0 Å². The van der Waals surface area contributed by atoms with E-state index in [4.69, 9.17) is 4.74 Å². The first-order chi connectivity index (χ1) is 11.2. The zero-order valence-corrected chi connectivity index (χ0v) is 15.6. The van der Waals surface area contributed by atoms with Crippen LogP contribution in [0.25, 0.3) is 0 Å². The molecular weight excluding hydrogens is 306 g/mol. The molecule has 1 aromatic rings. The maximum Gasteiger partial charge on any atom is 0.413 e. The SMILES string of the molecule is CN1CCCC(NCc2cnn(C)c2NC(=O)OC(C)(C)C)CC1. The fourth-order valence-electron chi connectivity index (χ4n) is 2.87. The van der Waals surface area contributed by atoms with Crippen molar-refractivity contribution in [1.29, 1.82) is 0 Å². The van der Waals surface area contributed by atoms with Gasteiger partial charge < -0.3 is 15.0 Å². The minimum absolute atomic E-state index is 0.455. The van der Waals surface area contributed by atoms with Crippen LogP contribution in [-0.4, -0.2) is 52.6 Å². The number of nitrogens with zero attached hydrogens (tertiary/aromatic N) is 3. The second-order valence-corrected chi connectivity index (χ2v) is 7.58. The van der Waals surface area contributed by atoms with Crippen LogP contribution in [0.15, 0.2) is 6.20 Å². The Morgan fingerprint density at radius 3 is 2.79 bits per heavy atom. The quantitative estimate of drug-likeness (QED) is 0.882. The molecule has 1 aliphatic rings. The number of aryl methyl sites for hydroxylation is 1. The van der Waals surface area contributed by atoms with Gasteiger partial charge in [-0.25, -0.2) is 4.79 Å². The molecule has 7 heteroatoms. The van der Waals surface area contributed by atoms with Crippen LogP contribution in [-0.2, 0) is 18.3 Å². The van der Waals surface area contributed by atoms with Crippen molar-refractivity contribution in [2.45, 2.75) is 58.2 Å². The van der Waals surface area contributed by atoms with Gasteiger partial charge in [0.1, 0.15) is 11.4 Å². The van der Waals surface area contributed by atoms with E-state index in [1.54, 1.807) is 10.9 Å². The average molecular weight is 337 g/mol. The highest BCUT2D eigenvalue weighted by Crippen LogP contribution is 2.17. The lowest BCUT2D eigenvalue weighted by atomic mass is 10.1. The highest BCUT2D eigenvalue weighted by atomic mass is 16.6. The Balaban J connectivity index is 1.93. The summed E-state index contributed by atoms with van der Waals surface area (Å²) in [5.41, 5.74) is 0.453. The predicted molar refractivity (Wildman–Crippen MR) is 95.0 cm³/mol. The third-order valence-electron chi connectivity index (χ3n) is 4.17. The largest absolute Gasteiger partial charge is 0.444 e. The monoisotopic (exact) mass is 337 g/mol. The third kappa shape index (κ3) is 5.79. The molecule has 0 aliphatic carbocycles. The van der Waals surface area contributed by atoms with E-state index in [0.29, 0.717) is 18.4 Å². The van der Waals surface area contributed by atoms with Crippen molar-refractivity contribution in [3.8, 4) is 0 Å². The third-order valence-corrected chi connectivity index (χ3v) is 4.17. The molecule has 1 fully saturated rings. The zero-order valence-electron chi connectivity index (χ0n) is 15.6. The molecule has 1 aromatic heterocycles. The molecule has 7 nitrogen and oxygen atoms in total. The van der Waals surface area contributed by atoms with Crippen molar-refractivity contribution >= 4 is 11.9 Å². The van der Waals surface area contributed by atoms with Gasteiger partial charge in [0.05, 0.1) is 6.20 Å². The number of rotatable bonds is 4. The van der Waals surface area contributed by atoms with Crippen molar-refractivity contribution in [3.63, 3.8) is 0 Å². The number of amides is 1. The summed E-state index contributed by atoms with van der Waals surface area (Å²) in [5, 5.41) is 10.7. The molecule has 2 heterocycles. The maximum atomic E-state index is 12.0. The summed E-state index contributed by atoms with van der Waals surface area (Å²) in [6.07, 6.45) is 4.88. The average Bonchev–Trinajstić information content (AvgIpc) is 2.67. The van der Waals surface area contributed by atoms with Crippen LogP contribution >= 0.6 is 0 Å². The molecule has 1 saturated heterocycles. The van der Waals surface area contributed by atoms with Gasteiger partial charge in [-0.05, 0) is 60.2 Å². The standard InChI is InChI=1S/C17H31N5O2/c1-17(2,3)24-16(23)20-15-13(12-19-22(15)5)11-18-14-7-6-9-21(4)10-8-14/h12,14,18H,6-11H2,1-5H3,(H,20,23). The van der Waals surface area contributed by atoms with Crippen LogP contribution < -0.4 is 10.6 Å². The van der Waals surface area contributed by atoms with E-state index < -0.39 is 11.7 Å². The van der Waals surface area contributed by atoms with Crippen molar-refractivity contribution in [2.75, 3.05) is 25.5 Å². The zero-order chi connectivity index (χ0) is 17.7. The molecule has 0 radical (unpaired) electrons. The predicted octanol–water partition coefficient (Wildman–Crippen LogP) is 2.34. The summed E-state index contributed by atoms with van der Waals surface area (Å²) in [7, 11) is 3.99. The molecule has 1 unspecified atom stereocenters. The number of anilines is 1. The van der Waals surface area contributed by atoms with Gasteiger partial charge in [0.2, 0.25) is 0 Å². The number of carbonyl (C=O) groups is 1. The number of aromatic nitrogens is 2. The summed E-state index contributed by atoms with van der Waals surface area (Å²) in [5.74, 6) is 0.683. The van der Waals surface area contributed by atoms with E-state index in [1.807, 2.05) is 27.8 Å². The fourth-order valence-corrected chi connectivity index (χ4v) is 2.87. The van der Waals surface area contributed by atoms with Crippen LogP contribution in [0.3, 0.4) is 0 Å². The first-order valence-electron chi connectivity index (χ1n) is 8.67. The molecule has 2 rings (SSSR count). The van der Waals surface area contributed by atoms with E-state index in [2.05, 4.69) is 27.7 Å². The van der Waals surface area contributed by atoms with E-state index in [0.717, 1.165) is 25.1 Å². The molecule has 136 valence electrons. The lowest BCUT2D eigenvalue weighted by molar-refractivity contribution is 0.0634. The molecule has 0 saturated carbocycles. The first-order valence-corrected chi connectivity index (χ1v) is 8.67. The molecule has 0 bridgehead atoms. The van der Waals surface area contributed by atoms with Crippen molar-refractivity contribution < 1.29 is 9.53 Å². The highest BCUT2D eigenvalue weighted by Gasteiger charge is 2.20. The summed E-state index contributed by atoms with van der Waals surface area (Å²) >= 11 is 0. The Morgan fingerprint density at radius 2 is 2.08 bits per heavy atom. The second-order valence-electron chi connectivity index (χ2n) is 7.58. The summed E-state index contributed by atoms with van der Waals surface area (Å²) < 4.78 is 7.00. The molecule has 1 amide bonds. The molecule has 1 aliphatic heterocycles. The van der Waals surface area contributed by atoms with Gasteiger partial charge in [-0.1, -0.05) is 0 Å². The number of hydrogen-bond donors (Lipinski definition) is 2. The second kappa shape index (κ2) is 7.98. The summed E-state index contributed by atoms with van der Waals surface area (Å²) in [4.78, 5) is 14.4. The Hall–Kier alpha value is -1.60. The van der Waals surface area contributed by atoms with Gasteiger partial charge in [-0.15, -0.1) is 0 Å². The van der Waals surface area contributed by atoms with Crippen molar-refractivity contribution in [2.24, 2.45) is 7.05 Å². The van der Waals surface area contributed by atoms with Gasteiger partial charge in [0.15, 0.2) is 0 Å². The van der Waals surface area contributed by atoms with Crippen LogP contribution in [0.5, 0.6) is 0 Å². The number of nitrogens with one attached hydrogen (secondary N) is 2. The smallest absolute Gasteiger partial charge is 0.413 e. The molecule has 1 atom stereocenters. The Labute approximate surface area is 144 Å². The van der Waals surface area contributed by atoms with Crippen molar-refractivity contribution in [3.05, 3.63) is 11.8 Å². The number of carbonyl (C=O) groups excluding carboxylic acids is 1. The van der Waals surface area contributed by atoms with E-state index in [9.17, 15) is 4.79 Å². The number of hydrogen-bond acceptors (Lipinski definition) is 5. The number of ether oxygens (including phenoxy) is 1. The minimum Gasteiger partial charge on any atom is -0.444 e. The van der Waals surface area contributed by atoms with Crippen LogP contribution in [0.1, 0.15) is 45.6 Å². The molecular formula is C17H31N5O2. The van der Waals surface area contributed by atoms with Crippen molar-refractivity contribution in [1.82, 2.24) is 20.0 Å². The first kappa shape index (κ1) is 18.7. The topological polar surface area (TPSA) is 71.4 Å². The van der Waals surface area contributed by atoms with Gasteiger partial charge in [0, 0.05) is 25.2 Å². The van der Waals surface area contributed by atoms with E-state index >= 15 is 0 Å². The van der Waals surface area contributed by atoms with Gasteiger partial charge in [0.25, 0.3) is 0 Å². The Morgan fingerprint density at radius 1 is 1.33 bits per heavy atom. The normalized spacial score (nSPS) is 19.8. The summed E-state index contributed by atoms with van der Waals surface area (Å²) in [6, 6.07) is 0.504. The molecule has 2 N–H and O–H groups in total. The Bertz CT molecular complexity index is 550. The lowest BCUT2D eigenvalue weighted by Crippen LogP contribution is -2.31. The Kier molecular flexibility index (Phi) is 6.23. The number of likely N-dealkylation sites (tertiary alicyclic amines) is 1. The lowest BCUT2D eigenvalue weighted by Gasteiger charge is -2.20. The van der Waals surface area contributed by atoms with Crippen LogP contribution in [0.2, 0.25) is 0 Å². The molecule has 0 aromatic carbocycles. The fraction of sp³-hybridized carbons (Fsp3) is 0.765. The maximum absolute atomic E-state index is 12.0. The summed E-state index contributed by atoms with van der Waals surface area (Å²) in [6.45, 7) is 8.52. The molecule has 0 spiro atoms. The van der Waals surface area contributed by atoms with Gasteiger partial charge in [-0.2, -0.15) is 5.10 Å². The van der Waals surface area contributed by atoms with Crippen LogP contribution in [0.4, 0.5) is 10.6 Å². The highest BCUT2D eigenvalue weighted by molar-refractivity contribution is 5.84. The van der Waals surface area contributed by atoms with Gasteiger partial charge >= 0.3 is 6.09 Å². The van der Waals surface area contributed by atoms with Gasteiger partial charge in [-0.3, -0.25) is 10.00 Å². The van der Waals surface area contributed by atoms with E-state index in [1.165, 1.54) is 12.8 Å².